The summed E-state index contributed by atoms with van der Waals surface area (Å²) >= 11 is 6.13. The first-order valence-corrected chi connectivity index (χ1v) is 6.94. The van der Waals surface area contributed by atoms with E-state index >= 15 is 0 Å². The summed E-state index contributed by atoms with van der Waals surface area (Å²) < 4.78 is 11.0. The fourth-order valence-electron chi connectivity index (χ4n) is 2.03. The van der Waals surface area contributed by atoms with Crippen LogP contribution in [-0.4, -0.2) is 30.9 Å². The number of rotatable bonds is 5. The smallest absolute Gasteiger partial charge is 0.328 e. The molecule has 1 saturated heterocycles. The summed E-state index contributed by atoms with van der Waals surface area (Å²) in [5, 5.41) is 9.06. The maximum atomic E-state index is 10.4. The highest BCUT2D eigenvalue weighted by molar-refractivity contribution is 6.32. The van der Waals surface area contributed by atoms with Crippen LogP contribution < -0.4 is 4.74 Å². The van der Waals surface area contributed by atoms with Gasteiger partial charge in [-0.1, -0.05) is 17.7 Å². The molecule has 0 aromatic heterocycles. The Balaban J connectivity index is 1.93. The minimum Gasteiger partial charge on any atom is -0.492 e. The molecule has 0 unspecified atom stereocenters. The number of aliphatic carboxylic acids is 1. The van der Waals surface area contributed by atoms with Crippen molar-refractivity contribution < 1.29 is 19.4 Å². The standard InChI is InChI=1S/C15H17ClO4/c16-13-9-11(2-4-15(17)18)1-3-14(13)20-10-12-5-7-19-8-6-12/h1-4,9,12H,5-8,10H2,(H,17,18). The lowest BCUT2D eigenvalue weighted by molar-refractivity contribution is -0.131. The second kappa shape index (κ2) is 7.31. The van der Waals surface area contributed by atoms with Gasteiger partial charge in [0.15, 0.2) is 0 Å². The first kappa shape index (κ1) is 14.9. The molecular formula is C15H17ClO4. The van der Waals surface area contributed by atoms with Crippen LogP contribution in [0.5, 0.6) is 5.75 Å². The van der Waals surface area contributed by atoms with Gasteiger partial charge in [-0.2, -0.15) is 0 Å². The molecule has 5 heteroatoms. The number of carboxylic acids is 1. The van der Waals surface area contributed by atoms with E-state index in [1.165, 1.54) is 6.08 Å². The highest BCUT2D eigenvalue weighted by atomic mass is 35.5. The van der Waals surface area contributed by atoms with Crippen molar-refractivity contribution in [3.8, 4) is 5.75 Å². The summed E-state index contributed by atoms with van der Waals surface area (Å²) in [5.74, 6) is 0.151. The summed E-state index contributed by atoms with van der Waals surface area (Å²) in [6.45, 7) is 2.22. The van der Waals surface area contributed by atoms with Gasteiger partial charge in [0, 0.05) is 19.3 Å². The molecule has 1 aliphatic rings. The van der Waals surface area contributed by atoms with Gasteiger partial charge in [-0.15, -0.1) is 0 Å². The van der Waals surface area contributed by atoms with E-state index in [1.54, 1.807) is 18.2 Å². The van der Waals surface area contributed by atoms with E-state index in [1.807, 2.05) is 0 Å². The molecule has 0 radical (unpaired) electrons. The van der Waals surface area contributed by atoms with Crippen molar-refractivity contribution in [2.24, 2.45) is 5.92 Å². The molecule has 1 fully saturated rings. The van der Waals surface area contributed by atoms with Gasteiger partial charge in [0.25, 0.3) is 0 Å². The SMILES string of the molecule is O=C(O)C=Cc1ccc(OCC2CCOCC2)c(Cl)c1. The Morgan fingerprint density at radius 1 is 1.45 bits per heavy atom. The topological polar surface area (TPSA) is 55.8 Å². The average molecular weight is 297 g/mol. The third-order valence-corrected chi connectivity index (χ3v) is 3.49. The minimum absolute atomic E-state index is 0.490. The van der Waals surface area contributed by atoms with Gasteiger partial charge in [0.2, 0.25) is 0 Å². The van der Waals surface area contributed by atoms with E-state index in [0.717, 1.165) is 37.7 Å². The van der Waals surface area contributed by atoms with Crippen molar-refractivity contribution >= 4 is 23.6 Å². The number of carbonyl (C=O) groups is 1. The Morgan fingerprint density at radius 3 is 2.85 bits per heavy atom. The van der Waals surface area contributed by atoms with Crippen LogP contribution in [0.25, 0.3) is 6.08 Å². The van der Waals surface area contributed by atoms with E-state index in [0.29, 0.717) is 23.3 Å². The number of hydrogen-bond acceptors (Lipinski definition) is 3. The second-order valence-corrected chi connectivity index (χ2v) is 5.14. The molecule has 1 heterocycles. The Morgan fingerprint density at radius 2 is 2.20 bits per heavy atom. The van der Waals surface area contributed by atoms with Crippen LogP contribution in [0.2, 0.25) is 5.02 Å². The maximum absolute atomic E-state index is 10.4. The number of ether oxygens (including phenoxy) is 2. The zero-order valence-electron chi connectivity index (χ0n) is 11.0. The van der Waals surface area contributed by atoms with Gasteiger partial charge in [-0.3, -0.25) is 0 Å². The van der Waals surface area contributed by atoms with Crippen LogP contribution in [-0.2, 0) is 9.53 Å². The van der Waals surface area contributed by atoms with Crippen molar-refractivity contribution in [2.45, 2.75) is 12.8 Å². The van der Waals surface area contributed by atoms with Gasteiger partial charge in [-0.25, -0.2) is 4.79 Å². The summed E-state index contributed by atoms with van der Waals surface area (Å²) in [5.41, 5.74) is 0.732. The lowest BCUT2D eigenvalue weighted by Crippen LogP contribution is -2.21. The first-order valence-electron chi connectivity index (χ1n) is 6.56. The Hall–Kier alpha value is -1.52. The zero-order valence-corrected chi connectivity index (χ0v) is 11.8. The third-order valence-electron chi connectivity index (χ3n) is 3.19. The van der Waals surface area contributed by atoms with E-state index < -0.39 is 5.97 Å². The van der Waals surface area contributed by atoms with Gasteiger partial charge >= 0.3 is 5.97 Å². The summed E-state index contributed by atoms with van der Waals surface area (Å²) in [4.78, 5) is 10.4. The normalized spacial score (nSPS) is 16.4. The van der Waals surface area contributed by atoms with Gasteiger partial charge in [0.1, 0.15) is 5.75 Å². The fraction of sp³-hybridized carbons (Fsp3) is 0.400. The molecule has 1 aromatic rings. The van der Waals surface area contributed by atoms with E-state index in [-0.39, 0.29) is 0 Å². The van der Waals surface area contributed by atoms with Crippen molar-refractivity contribution in [1.82, 2.24) is 0 Å². The van der Waals surface area contributed by atoms with Gasteiger partial charge in [0.05, 0.1) is 11.6 Å². The van der Waals surface area contributed by atoms with E-state index in [2.05, 4.69) is 0 Å². The third kappa shape index (κ3) is 4.54. The van der Waals surface area contributed by atoms with Crippen molar-refractivity contribution in [3.05, 3.63) is 34.9 Å². The summed E-state index contributed by atoms with van der Waals surface area (Å²) in [6.07, 6.45) is 4.60. The summed E-state index contributed by atoms with van der Waals surface area (Å²) in [7, 11) is 0. The monoisotopic (exact) mass is 296 g/mol. The fourth-order valence-corrected chi connectivity index (χ4v) is 2.27. The molecule has 0 bridgehead atoms. The Labute approximate surface area is 123 Å². The van der Waals surface area contributed by atoms with Crippen LogP contribution in [0.1, 0.15) is 18.4 Å². The Kier molecular flexibility index (Phi) is 5.44. The van der Waals surface area contributed by atoms with Crippen molar-refractivity contribution in [2.75, 3.05) is 19.8 Å². The molecule has 0 saturated carbocycles. The molecule has 4 nitrogen and oxygen atoms in total. The Bertz CT molecular complexity index is 493. The van der Waals surface area contributed by atoms with Gasteiger partial charge < -0.3 is 14.6 Å². The van der Waals surface area contributed by atoms with Gasteiger partial charge in [-0.05, 0) is 42.5 Å². The predicted molar refractivity (Wildman–Crippen MR) is 77.2 cm³/mol. The molecule has 20 heavy (non-hydrogen) atoms. The number of carboxylic acid groups (broad SMARTS) is 1. The lowest BCUT2D eigenvalue weighted by atomic mass is 10.0. The largest absolute Gasteiger partial charge is 0.492 e. The first-order chi connectivity index (χ1) is 9.65. The molecule has 2 rings (SSSR count). The zero-order chi connectivity index (χ0) is 14.4. The minimum atomic E-state index is -0.985. The molecule has 0 aliphatic carbocycles. The molecular weight excluding hydrogens is 280 g/mol. The van der Waals surface area contributed by atoms with E-state index in [4.69, 9.17) is 26.2 Å². The molecule has 1 N–H and O–H groups in total. The predicted octanol–water partition coefficient (Wildman–Crippen LogP) is 3.24. The molecule has 108 valence electrons. The van der Waals surface area contributed by atoms with Crippen LogP contribution in [0.15, 0.2) is 24.3 Å². The number of halogens is 1. The molecule has 1 aromatic carbocycles. The van der Waals surface area contributed by atoms with Crippen LogP contribution in [0.3, 0.4) is 0 Å². The molecule has 1 aliphatic heterocycles. The quantitative estimate of drug-likeness (QED) is 0.848. The van der Waals surface area contributed by atoms with Crippen LogP contribution in [0.4, 0.5) is 0 Å². The van der Waals surface area contributed by atoms with Crippen molar-refractivity contribution in [1.29, 1.82) is 0 Å². The number of benzene rings is 1. The highest BCUT2D eigenvalue weighted by Crippen LogP contribution is 2.27. The molecule has 0 spiro atoms. The number of hydrogen-bond donors (Lipinski definition) is 1. The van der Waals surface area contributed by atoms with Crippen LogP contribution >= 0.6 is 11.6 Å². The molecule has 0 amide bonds. The summed E-state index contributed by atoms with van der Waals surface area (Å²) in [6, 6.07) is 5.24. The lowest BCUT2D eigenvalue weighted by Gasteiger charge is -2.22. The second-order valence-electron chi connectivity index (χ2n) is 4.73. The van der Waals surface area contributed by atoms with Crippen LogP contribution in [0, 0.1) is 5.92 Å². The molecule has 0 atom stereocenters. The average Bonchev–Trinajstić information content (AvgIpc) is 2.45. The van der Waals surface area contributed by atoms with E-state index in [9.17, 15) is 4.79 Å². The maximum Gasteiger partial charge on any atom is 0.328 e. The van der Waals surface area contributed by atoms with Crippen molar-refractivity contribution in [3.63, 3.8) is 0 Å². The highest BCUT2D eigenvalue weighted by Gasteiger charge is 2.15.